The van der Waals surface area contributed by atoms with Crippen LogP contribution >= 0.6 is 7.82 Å². The molecule has 3 heterocycles. The predicted octanol–water partition coefficient (Wildman–Crippen LogP) is 0.173. The second kappa shape index (κ2) is 8.88. The van der Waals surface area contributed by atoms with Crippen molar-refractivity contribution in [1.29, 1.82) is 0 Å². The Labute approximate surface area is 165 Å². The molecule has 162 valence electrons. The summed E-state index contributed by atoms with van der Waals surface area (Å²) in [6.45, 7) is 2.28. The van der Waals surface area contributed by atoms with Crippen LogP contribution in [-0.2, 0) is 27.8 Å². The molecule has 2 aromatic rings. The van der Waals surface area contributed by atoms with Crippen LogP contribution in [-0.4, -0.2) is 70.2 Å². The number of nitrogens with two attached hydrogens (primary N) is 1. The number of hydrogen-bond acceptors (Lipinski definition) is 10. The van der Waals surface area contributed by atoms with Crippen LogP contribution in [0.15, 0.2) is 11.1 Å². The standard InChI is InChI=1S/C15H24N5O8P/c1-4-8-10(28-29(22,23)25-3)11(26-6-5-24-2)14(27-8)20-7-17-9-12(20)18-15(16)19-13(9)21/h7-8,10-11,14H,4-6H2,1-3H3,(H,22,23)(H3,16,18,19,21)/t8-,10+,11?,14+/m1/s1. The van der Waals surface area contributed by atoms with E-state index in [1.165, 1.54) is 18.0 Å². The number of anilines is 1. The quantitative estimate of drug-likeness (QED) is 0.363. The molecule has 5 atom stereocenters. The van der Waals surface area contributed by atoms with Crippen molar-refractivity contribution in [2.45, 2.75) is 37.9 Å². The first-order chi connectivity index (χ1) is 13.8. The van der Waals surface area contributed by atoms with E-state index in [0.717, 1.165) is 7.11 Å². The fourth-order valence-corrected chi connectivity index (χ4v) is 3.81. The number of fused-ring (bicyclic) bond motifs is 1. The van der Waals surface area contributed by atoms with Gasteiger partial charge in [0.15, 0.2) is 17.4 Å². The van der Waals surface area contributed by atoms with E-state index in [9.17, 15) is 14.3 Å². The van der Waals surface area contributed by atoms with Crippen molar-refractivity contribution in [3.63, 3.8) is 0 Å². The fourth-order valence-electron chi connectivity index (χ4n) is 3.16. The third-order valence-corrected chi connectivity index (χ3v) is 5.47. The number of aromatic amines is 1. The van der Waals surface area contributed by atoms with Gasteiger partial charge in [-0.3, -0.25) is 23.4 Å². The molecular formula is C15H24N5O8P. The first-order valence-corrected chi connectivity index (χ1v) is 10.4. The minimum atomic E-state index is -4.32. The summed E-state index contributed by atoms with van der Waals surface area (Å²) in [4.78, 5) is 32.5. The van der Waals surface area contributed by atoms with Crippen molar-refractivity contribution in [2.24, 2.45) is 0 Å². The van der Waals surface area contributed by atoms with Crippen LogP contribution in [0.2, 0.25) is 0 Å². The molecule has 0 radical (unpaired) electrons. The van der Waals surface area contributed by atoms with Gasteiger partial charge in [-0.05, 0) is 6.42 Å². The molecule has 0 aromatic carbocycles. The van der Waals surface area contributed by atoms with Crippen LogP contribution < -0.4 is 11.3 Å². The van der Waals surface area contributed by atoms with Gasteiger partial charge in [0.05, 0.1) is 25.6 Å². The summed E-state index contributed by atoms with van der Waals surface area (Å²) in [5.41, 5.74) is 5.42. The van der Waals surface area contributed by atoms with Crippen LogP contribution in [0.1, 0.15) is 19.6 Å². The molecule has 29 heavy (non-hydrogen) atoms. The Balaban J connectivity index is 2.02. The average Bonchev–Trinajstić information content (AvgIpc) is 3.23. The van der Waals surface area contributed by atoms with Crippen LogP contribution in [0.3, 0.4) is 0 Å². The van der Waals surface area contributed by atoms with Crippen molar-refractivity contribution in [3.05, 3.63) is 16.7 Å². The summed E-state index contributed by atoms with van der Waals surface area (Å²) in [5, 5.41) is 0. The van der Waals surface area contributed by atoms with E-state index in [0.29, 0.717) is 6.42 Å². The Morgan fingerprint density at radius 3 is 2.79 bits per heavy atom. The topological polar surface area (TPSA) is 173 Å². The zero-order valence-electron chi connectivity index (χ0n) is 16.2. The van der Waals surface area contributed by atoms with Crippen LogP contribution in [0, 0.1) is 0 Å². The molecule has 14 heteroatoms. The number of rotatable bonds is 9. The number of nitrogens with zero attached hydrogens (tertiary/aromatic N) is 3. The molecular weight excluding hydrogens is 409 g/mol. The summed E-state index contributed by atoms with van der Waals surface area (Å²) in [7, 11) is -1.74. The monoisotopic (exact) mass is 433 g/mol. The highest BCUT2D eigenvalue weighted by Crippen LogP contribution is 2.48. The highest BCUT2D eigenvalue weighted by molar-refractivity contribution is 7.47. The minimum absolute atomic E-state index is 0.0700. The highest BCUT2D eigenvalue weighted by atomic mass is 31.2. The van der Waals surface area contributed by atoms with E-state index in [4.69, 9.17) is 24.5 Å². The third-order valence-electron chi connectivity index (χ3n) is 4.50. The van der Waals surface area contributed by atoms with Crippen molar-refractivity contribution in [2.75, 3.05) is 33.2 Å². The molecule has 0 spiro atoms. The lowest BCUT2D eigenvalue weighted by Gasteiger charge is -2.25. The summed E-state index contributed by atoms with van der Waals surface area (Å²) >= 11 is 0. The predicted molar refractivity (Wildman–Crippen MR) is 100 cm³/mol. The van der Waals surface area contributed by atoms with E-state index >= 15 is 0 Å². The molecule has 4 N–H and O–H groups in total. The fraction of sp³-hybridized carbons (Fsp3) is 0.667. The lowest BCUT2D eigenvalue weighted by molar-refractivity contribution is -0.0761. The zero-order valence-corrected chi connectivity index (χ0v) is 17.1. The number of nitrogen functional groups attached to an aromatic ring is 1. The Hall–Kier alpha value is -1.86. The number of aromatic nitrogens is 4. The number of H-pyrrole nitrogens is 1. The van der Waals surface area contributed by atoms with Crippen molar-refractivity contribution >= 4 is 24.9 Å². The molecule has 0 bridgehead atoms. The van der Waals surface area contributed by atoms with E-state index in [1.807, 2.05) is 6.92 Å². The summed E-state index contributed by atoms with van der Waals surface area (Å²) in [5.74, 6) is -0.0850. The molecule has 0 amide bonds. The molecule has 1 saturated heterocycles. The van der Waals surface area contributed by atoms with Crippen molar-refractivity contribution < 1.29 is 32.7 Å². The number of phosphoric acid groups is 1. The van der Waals surface area contributed by atoms with Gasteiger partial charge in [-0.1, -0.05) is 6.92 Å². The highest BCUT2D eigenvalue weighted by Gasteiger charge is 2.49. The molecule has 3 rings (SSSR count). The Bertz CT molecular complexity index is 948. The SMILES string of the molecule is CC[C@H]1O[C@H](n2cnc3c(=O)[nH]c(N)nc32)C(OCCOC)[C@H]1OP(=O)(O)OC. The normalized spacial score (nSPS) is 26.8. The average molecular weight is 433 g/mol. The van der Waals surface area contributed by atoms with Gasteiger partial charge >= 0.3 is 7.82 Å². The van der Waals surface area contributed by atoms with Gasteiger partial charge in [0.2, 0.25) is 5.95 Å². The van der Waals surface area contributed by atoms with Gasteiger partial charge in [0.25, 0.3) is 5.56 Å². The Morgan fingerprint density at radius 2 is 2.14 bits per heavy atom. The second-order valence-corrected chi connectivity index (χ2v) is 7.81. The maximum absolute atomic E-state index is 12.1. The number of ether oxygens (including phenoxy) is 3. The first kappa shape index (κ1) is 21.8. The van der Waals surface area contributed by atoms with Gasteiger partial charge < -0.3 is 24.8 Å². The van der Waals surface area contributed by atoms with Gasteiger partial charge in [-0.15, -0.1) is 0 Å². The van der Waals surface area contributed by atoms with E-state index in [-0.39, 0.29) is 30.3 Å². The van der Waals surface area contributed by atoms with Crippen molar-refractivity contribution in [3.8, 4) is 0 Å². The smallest absolute Gasteiger partial charge is 0.382 e. The lowest BCUT2D eigenvalue weighted by Crippen LogP contribution is -2.36. The van der Waals surface area contributed by atoms with Crippen LogP contribution in [0.5, 0.6) is 0 Å². The maximum Gasteiger partial charge on any atom is 0.472 e. The number of nitrogens with one attached hydrogen (secondary N) is 1. The van der Waals surface area contributed by atoms with E-state index in [1.54, 1.807) is 0 Å². The number of phosphoric ester groups is 1. The third kappa shape index (κ3) is 4.51. The molecule has 0 saturated carbocycles. The molecule has 2 aromatic heterocycles. The summed E-state index contributed by atoms with van der Waals surface area (Å²) in [6.07, 6.45) is -1.40. The Kier molecular flexibility index (Phi) is 6.69. The second-order valence-electron chi connectivity index (χ2n) is 6.30. The number of methoxy groups -OCH3 is 1. The number of hydrogen-bond donors (Lipinski definition) is 3. The molecule has 1 fully saturated rings. The maximum atomic E-state index is 12.1. The van der Waals surface area contributed by atoms with E-state index < -0.39 is 37.9 Å². The summed E-state index contributed by atoms with van der Waals surface area (Å²) < 4.78 is 40.3. The van der Waals surface area contributed by atoms with E-state index in [2.05, 4.69) is 19.5 Å². The van der Waals surface area contributed by atoms with Gasteiger partial charge in [0.1, 0.15) is 12.2 Å². The van der Waals surface area contributed by atoms with Gasteiger partial charge in [-0.25, -0.2) is 9.55 Å². The molecule has 1 aliphatic heterocycles. The largest absolute Gasteiger partial charge is 0.472 e. The van der Waals surface area contributed by atoms with Crippen LogP contribution in [0.4, 0.5) is 5.95 Å². The summed E-state index contributed by atoms with van der Waals surface area (Å²) in [6, 6.07) is 0. The first-order valence-electron chi connectivity index (χ1n) is 8.86. The minimum Gasteiger partial charge on any atom is -0.382 e. The molecule has 2 unspecified atom stereocenters. The zero-order chi connectivity index (χ0) is 21.2. The molecule has 1 aliphatic rings. The van der Waals surface area contributed by atoms with Crippen LogP contribution in [0.25, 0.3) is 11.2 Å². The molecule has 13 nitrogen and oxygen atoms in total. The number of imidazole rings is 1. The Morgan fingerprint density at radius 1 is 1.38 bits per heavy atom. The van der Waals surface area contributed by atoms with Crippen molar-refractivity contribution in [1.82, 2.24) is 19.5 Å². The van der Waals surface area contributed by atoms with Gasteiger partial charge in [0, 0.05) is 14.2 Å². The lowest BCUT2D eigenvalue weighted by atomic mass is 10.1. The molecule has 0 aliphatic carbocycles. The van der Waals surface area contributed by atoms with Gasteiger partial charge in [-0.2, -0.15) is 4.98 Å².